The maximum Gasteiger partial charge on any atom is 0.290 e. The lowest BCUT2D eigenvalue weighted by molar-refractivity contribution is -0.135. The van der Waals surface area contributed by atoms with Gasteiger partial charge in [-0.15, -0.1) is 11.6 Å². The van der Waals surface area contributed by atoms with Crippen LogP contribution in [0, 0.1) is 11.7 Å². The van der Waals surface area contributed by atoms with Crippen LogP contribution in [0.3, 0.4) is 0 Å². The number of halogens is 2. The number of hydrogen-bond acceptors (Lipinski definition) is 4. The Labute approximate surface area is 197 Å². The molecule has 1 fully saturated rings. The van der Waals surface area contributed by atoms with Gasteiger partial charge in [-0.2, -0.15) is 0 Å². The van der Waals surface area contributed by atoms with E-state index in [4.69, 9.17) is 21.1 Å². The molecule has 3 aliphatic rings. The Morgan fingerprint density at radius 1 is 1.09 bits per heavy atom. The van der Waals surface area contributed by atoms with E-state index in [1.54, 1.807) is 24.1 Å². The second-order valence-corrected chi connectivity index (χ2v) is 9.45. The molecule has 1 amide bonds. The number of methoxy groups -OCH3 is 1. The highest BCUT2D eigenvalue weighted by atomic mass is 35.5. The van der Waals surface area contributed by atoms with E-state index in [2.05, 4.69) is 0 Å². The summed E-state index contributed by atoms with van der Waals surface area (Å²) in [5.74, 6) is -0.161. The number of ketones is 1. The topological polar surface area (TPSA) is 55.8 Å². The van der Waals surface area contributed by atoms with E-state index >= 15 is 0 Å². The second kappa shape index (κ2) is 8.82. The third kappa shape index (κ3) is 4.01. The SMILES string of the molecule is COc1ccc(CCN2C(=O)C3=C(C(=O)C4CC(Cl)CCC4O3)C2c2ccc(F)cc2)cc1. The molecule has 2 aliphatic heterocycles. The number of rotatable bonds is 5. The van der Waals surface area contributed by atoms with Crippen molar-refractivity contribution in [2.45, 2.75) is 43.2 Å². The zero-order valence-corrected chi connectivity index (χ0v) is 19.1. The van der Waals surface area contributed by atoms with Crippen LogP contribution in [0.1, 0.15) is 36.4 Å². The zero-order valence-electron chi connectivity index (χ0n) is 18.3. The standard InChI is InChI=1S/C26H25ClFNO4/c1-32-19-9-2-15(3-10-19)12-13-29-23(16-4-7-18(28)8-5-16)22-24(30)20-14-17(27)6-11-21(20)33-25(22)26(29)31/h2-5,7-10,17,20-21,23H,6,11-14H2,1H3. The Morgan fingerprint density at radius 2 is 1.82 bits per heavy atom. The number of carbonyl (C=O) groups is 2. The van der Waals surface area contributed by atoms with E-state index in [-0.39, 0.29) is 40.7 Å². The molecule has 4 atom stereocenters. The molecule has 5 rings (SSSR count). The quantitative estimate of drug-likeness (QED) is 0.601. The summed E-state index contributed by atoms with van der Waals surface area (Å²) in [6, 6.07) is 13.0. The number of ether oxygens (including phenoxy) is 2. The van der Waals surface area contributed by atoms with Crippen molar-refractivity contribution in [2.75, 3.05) is 13.7 Å². The molecule has 0 N–H and O–H groups in total. The Bertz CT molecular complexity index is 1100. The van der Waals surface area contributed by atoms with Crippen molar-refractivity contribution in [3.05, 3.63) is 76.8 Å². The molecule has 2 heterocycles. The van der Waals surface area contributed by atoms with Gasteiger partial charge in [0.05, 0.1) is 24.6 Å². The van der Waals surface area contributed by atoms with Crippen LogP contribution in [-0.4, -0.2) is 41.7 Å². The first-order valence-electron chi connectivity index (χ1n) is 11.2. The maximum absolute atomic E-state index is 13.6. The van der Waals surface area contributed by atoms with Crippen LogP contribution >= 0.6 is 11.6 Å². The summed E-state index contributed by atoms with van der Waals surface area (Å²) >= 11 is 6.36. The molecule has 5 nitrogen and oxygen atoms in total. The van der Waals surface area contributed by atoms with Gasteiger partial charge in [0.2, 0.25) is 0 Å². The molecule has 1 saturated carbocycles. The summed E-state index contributed by atoms with van der Waals surface area (Å²) in [5.41, 5.74) is 2.11. The lowest BCUT2D eigenvalue weighted by Crippen LogP contribution is -2.41. The predicted octanol–water partition coefficient (Wildman–Crippen LogP) is 4.59. The van der Waals surface area contributed by atoms with Crippen molar-refractivity contribution < 1.29 is 23.5 Å². The van der Waals surface area contributed by atoms with Gasteiger partial charge in [-0.25, -0.2) is 4.39 Å². The molecule has 0 radical (unpaired) electrons. The molecule has 172 valence electrons. The fourth-order valence-corrected chi connectivity index (χ4v) is 5.44. The van der Waals surface area contributed by atoms with E-state index in [0.29, 0.717) is 36.9 Å². The van der Waals surface area contributed by atoms with Crippen LogP contribution in [0.2, 0.25) is 0 Å². The fraction of sp³-hybridized carbons (Fsp3) is 0.385. The number of fused-ring (bicyclic) bond motifs is 1. The first kappa shape index (κ1) is 22.0. The molecule has 4 unspecified atom stereocenters. The maximum atomic E-state index is 13.6. The second-order valence-electron chi connectivity index (χ2n) is 8.83. The highest BCUT2D eigenvalue weighted by Gasteiger charge is 2.52. The van der Waals surface area contributed by atoms with Gasteiger partial charge in [0.25, 0.3) is 5.91 Å². The lowest BCUT2D eigenvalue weighted by Gasteiger charge is -2.37. The van der Waals surface area contributed by atoms with E-state index in [1.807, 2.05) is 24.3 Å². The summed E-state index contributed by atoms with van der Waals surface area (Å²) in [6.07, 6.45) is 2.24. The summed E-state index contributed by atoms with van der Waals surface area (Å²) < 4.78 is 25.0. The minimum Gasteiger partial charge on any atom is -0.497 e. The Morgan fingerprint density at radius 3 is 2.52 bits per heavy atom. The van der Waals surface area contributed by atoms with Crippen LogP contribution in [0.15, 0.2) is 59.9 Å². The van der Waals surface area contributed by atoms with Gasteiger partial charge in [0.15, 0.2) is 11.5 Å². The third-order valence-electron chi connectivity index (χ3n) is 6.87. The number of amides is 1. The van der Waals surface area contributed by atoms with Gasteiger partial charge >= 0.3 is 0 Å². The minimum atomic E-state index is -0.601. The van der Waals surface area contributed by atoms with E-state index in [9.17, 15) is 14.0 Å². The number of Topliss-reactive ketones (excluding diaryl/α,β-unsaturated/α-hetero) is 1. The van der Waals surface area contributed by atoms with Crippen LogP contribution in [0.4, 0.5) is 4.39 Å². The summed E-state index contributed by atoms with van der Waals surface area (Å²) in [4.78, 5) is 28.8. The molecule has 33 heavy (non-hydrogen) atoms. The number of carbonyl (C=O) groups excluding carboxylic acids is 2. The Kier molecular flexibility index (Phi) is 5.87. The summed E-state index contributed by atoms with van der Waals surface area (Å²) in [5, 5.41) is -0.0755. The number of hydrogen-bond donors (Lipinski definition) is 0. The van der Waals surface area contributed by atoms with Gasteiger partial charge in [-0.05, 0) is 61.1 Å². The smallest absolute Gasteiger partial charge is 0.290 e. The Balaban J connectivity index is 1.47. The number of nitrogens with zero attached hydrogens (tertiary/aromatic N) is 1. The zero-order chi connectivity index (χ0) is 23.1. The largest absolute Gasteiger partial charge is 0.497 e. The van der Waals surface area contributed by atoms with Gasteiger partial charge in [-0.3, -0.25) is 9.59 Å². The van der Waals surface area contributed by atoms with Gasteiger partial charge in [0.1, 0.15) is 17.7 Å². The number of benzene rings is 2. The van der Waals surface area contributed by atoms with Gasteiger partial charge in [-0.1, -0.05) is 24.3 Å². The molecule has 7 heteroatoms. The fourth-order valence-electron chi connectivity index (χ4n) is 5.13. The van der Waals surface area contributed by atoms with E-state index < -0.39 is 6.04 Å². The summed E-state index contributed by atoms with van der Waals surface area (Å²) in [6.45, 7) is 0.393. The molecule has 2 aromatic carbocycles. The molecular formula is C26H25ClFNO4. The van der Waals surface area contributed by atoms with Crippen LogP contribution in [-0.2, 0) is 20.7 Å². The molecule has 1 aliphatic carbocycles. The average Bonchev–Trinajstić information content (AvgIpc) is 3.11. The minimum absolute atomic E-state index is 0.0683. The molecule has 2 aromatic rings. The Hall–Kier alpha value is -2.86. The molecular weight excluding hydrogens is 445 g/mol. The molecule has 0 spiro atoms. The summed E-state index contributed by atoms with van der Waals surface area (Å²) in [7, 11) is 1.61. The number of alkyl halides is 1. The molecule has 0 bridgehead atoms. The van der Waals surface area contributed by atoms with Crippen molar-refractivity contribution in [3.8, 4) is 5.75 Å². The predicted molar refractivity (Wildman–Crippen MR) is 121 cm³/mol. The highest BCUT2D eigenvalue weighted by Crippen LogP contribution is 2.47. The van der Waals surface area contributed by atoms with Crippen LogP contribution in [0.25, 0.3) is 0 Å². The molecule has 0 aromatic heterocycles. The monoisotopic (exact) mass is 469 g/mol. The van der Waals surface area contributed by atoms with E-state index in [1.165, 1.54) is 12.1 Å². The first-order chi connectivity index (χ1) is 16.0. The average molecular weight is 470 g/mol. The highest BCUT2D eigenvalue weighted by molar-refractivity contribution is 6.21. The van der Waals surface area contributed by atoms with Crippen molar-refractivity contribution in [2.24, 2.45) is 5.92 Å². The van der Waals surface area contributed by atoms with Crippen molar-refractivity contribution >= 4 is 23.3 Å². The third-order valence-corrected chi connectivity index (χ3v) is 7.26. The van der Waals surface area contributed by atoms with Crippen molar-refractivity contribution in [1.29, 1.82) is 0 Å². The van der Waals surface area contributed by atoms with Gasteiger partial charge < -0.3 is 14.4 Å². The van der Waals surface area contributed by atoms with Gasteiger partial charge in [0, 0.05) is 11.9 Å². The first-order valence-corrected chi connectivity index (χ1v) is 11.7. The normalized spacial score (nSPS) is 26.7. The molecule has 0 saturated heterocycles. The van der Waals surface area contributed by atoms with Crippen molar-refractivity contribution in [1.82, 2.24) is 4.90 Å². The van der Waals surface area contributed by atoms with Crippen LogP contribution < -0.4 is 4.74 Å². The van der Waals surface area contributed by atoms with Crippen LogP contribution in [0.5, 0.6) is 5.75 Å². The van der Waals surface area contributed by atoms with E-state index in [0.717, 1.165) is 17.7 Å². The van der Waals surface area contributed by atoms with Crippen molar-refractivity contribution in [3.63, 3.8) is 0 Å². The lowest BCUT2D eigenvalue weighted by atomic mass is 9.77.